The maximum absolute atomic E-state index is 13.0. The van der Waals surface area contributed by atoms with Crippen LogP contribution in [0.1, 0.15) is 16.1 Å². The fourth-order valence-electron chi connectivity index (χ4n) is 2.20. The third-order valence-electron chi connectivity index (χ3n) is 3.37. The summed E-state index contributed by atoms with van der Waals surface area (Å²) in [5.41, 5.74) is 0.0771. The van der Waals surface area contributed by atoms with E-state index < -0.39 is 17.7 Å². The topological polar surface area (TPSA) is 69.9 Å². The monoisotopic (exact) mass is 348 g/mol. The highest BCUT2D eigenvalue weighted by atomic mass is 19.4. The third kappa shape index (κ3) is 3.35. The van der Waals surface area contributed by atoms with Crippen LogP contribution in [0.25, 0.3) is 17.1 Å². The van der Waals surface area contributed by atoms with E-state index in [0.717, 1.165) is 23.0 Å². The van der Waals surface area contributed by atoms with Crippen molar-refractivity contribution in [2.24, 2.45) is 0 Å². The van der Waals surface area contributed by atoms with E-state index in [4.69, 9.17) is 0 Å². The molecule has 3 rings (SSSR count). The SMILES string of the molecule is COC(=O)c1cc(-c2ccncc2)n(-c2cc(C(F)(F)F)ccn2)n1. The maximum Gasteiger partial charge on any atom is 0.416 e. The Hall–Kier alpha value is -3.23. The highest BCUT2D eigenvalue weighted by molar-refractivity contribution is 5.88. The molecule has 3 heterocycles. The van der Waals surface area contributed by atoms with Gasteiger partial charge in [0.05, 0.1) is 18.4 Å². The van der Waals surface area contributed by atoms with Crippen molar-refractivity contribution < 1.29 is 22.7 Å². The van der Waals surface area contributed by atoms with Crippen LogP contribution in [-0.2, 0) is 10.9 Å². The van der Waals surface area contributed by atoms with Gasteiger partial charge in [0.1, 0.15) is 0 Å². The van der Waals surface area contributed by atoms with Gasteiger partial charge in [-0.1, -0.05) is 0 Å². The summed E-state index contributed by atoms with van der Waals surface area (Å²) in [7, 11) is 1.19. The van der Waals surface area contributed by atoms with Gasteiger partial charge in [0.25, 0.3) is 0 Å². The minimum absolute atomic E-state index is 0.0477. The summed E-state index contributed by atoms with van der Waals surface area (Å²) in [5, 5.41) is 4.04. The van der Waals surface area contributed by atoms with Crippen molar-refractivity contribution in [3.8, 4) is 17.1 Å². The zero-order valence-electron chi connectivity index (χ0n) is 12.9. The van der Waals surface area contributed by atoms with Crippen molar-refractivity contribution in [3.63, 3.8) is 0 Å². The van der Waals surface area contributed by atoms with Gasteiger partial charge in [-0.25, -0.2) is 14.5 Å². The second kappa shape index (κ2) is 6.34. The molecule has 0 unspecified atom stereocenters. The minimum Gasteiger partial charge on any atom is -0.464 e. The van der Waals surface area contributed by atoms with E-state index in [1.807, 2.05) is 0 Å². The summed E-state index contributed by atoms with van der Waals surface area (Å²) in [4.78, 5) is 19.6. The van der Waals surface area contributed by atoms with Crippen molar-refractivity contribution in [1.82, 2.24) is 19.7 Å². The van der Waals surface area contributed by atoms with Gasteiger partial charge in [0.15, 0.2) is 11.5 Å². The van der Waals surface area contributed by atoms with E-state index in [-0.39, 0.29) is 11.5 Å². The summed E-state index contributed by atoms with van der Waals surface area (Å²) < 4.78 is 44.7. The van der Waals surface area contributed by atoms with Crippen LogP contribution < -0.4 is 0 Å². The van der Waals surface area contributed by atoms with Crippen LogP contribution in [0.2, 0.25) is 0 Å². The molecule has 3 aromatic rings. The minimum atomic E-state index is -4.52. The second-order valence-corrected chi connectivity index (χ2v) is 4.95. The Morgan fingerprint density at radius 2 is 1.84 bits per heavy atom. The second-order valence-electron chi connectivity index (χ2n) is 4.95. The molecular weight excluding hydrogens is 337 g/mol. The zero-order valence-corrected chi connectivity index (χ0v) is 12.9. The van der Waals surface area contributed by atoms with E-state index in [2.05, 4.69) is 19.8 Å². The van der Waals surface area contributed by atoms with Gasteiger partial charge in [-0.15, -0.1) is 0 Å². The smallest absolute Gasteiger partial charge is 0.416 e. The summed E-state index contributed by atoms with van der Waals surface area (Å²) in [6.45, 7) is 0. The lowest BCUT2D eigenvalue weighted by Crippen LogP contribution is -2.09. The van der Waals surface area contributed by atoms with Crippen LogP contribution in [0, 0.1) is 0 Å². The van der Waals surface area contributed by atoms with Crippen LogP contribution in [0.3, 0.4) is 0 Å². The van der Waals surface area contributed by atoms with Crippen LogP contribution >= 0.6 is 0 Å². The highest BCUT2D eigenvalue weighted by Crippen LogP contribution is 2.31. The molecule has 0 spiro atoms. The normalized spacial score (nSPS) is 11.4. The average Bonchev–Trinajstić information content (AvgIpc) is 3.06. The molecule has 0 saturated heterocycles. The molecule has 0 fully saturated rings. The molecule has 0 N–H and O–H groups in total. The molecule has 9 heteroatoms. The molecule has 0 bridgehead atoms. The molecular formula is C16H11F3N4O2. The third-order valence-corrected chi connectivity index (χ3v) is 3.37. The lowest BCUT2D eigenvalue weighted by molar-refractivity contribution is -0.137. The molecule has 0 aromatic carbocycles. The summed E-state index contributed by atoms with van der Waals surface area (Å²) in [6, 6.07) is 6.42. The van der Waals surface area contributed by atoms with Crippen LogP contribution in [0.4, 0.5) is 13.2 Å². The Morgan fingerprint density at radius 3 is 2.48 bits per heavy atom. The van der Waals surface area contributed by atoms with E-state index in [1.165, 1.54) is 25.6 Å². The number of carbonyl (C=O) groups excluding carboxylic acids is 1. The summed E-state index contributed by atoms with van der Waals surface area (Å²) in [6.07, 6.45) is -0.449. The van der Waals surface area contributed by atoms with Crippen LogP contribution in [-0.4, -0.2) is 32.8 Å². The number of pyridine rings is 2. The molecule has 0 amide bonds. The molecule has 0 aliphatic rings. The average molecular weight is 348 g/mol. The number of methoxy groups -OCH3 is 1. The van der Waals surface area contributed by atoms with Gasteiger partial charge >= 0.3 is 12.1 Å². The van der Waals surface area contributed by atoms with Gasteiger partial charge in [-0.2, -0.15) is 18.3 Å². The quantitative estimate of drug-likeness (QED) is 0.680. The fourth-order valence-corrected chi connectivity index (χ4v) is 2.20. The largest absolute Gasteiger partial charge is 0.464 e. The number of alkyl halides is 3. The summed E-state index contributed by atoms with van der Waals surface area (Å²) in [5.74, 6) is -0.780. The van der Waals surface area contributed by atoms with Gasteiger partial charge < -0.3 is 4.74 Å². The Morgan fingerprint density at radius 1 is 1.12 bits per heavy atom. The first-order valence-electron chi connectivity index (χ1n) is 7.02. The molecule has 0 aliphatic heterocycles. The molecule has 0 aliphatic carbocycles. The number of hydrogen-bond acceptors (Lipinski definition) is 5. The molecule has 6 nitrogen and oxygen atoms in total. The van der Waals surface area contributed by atoms with E-state index in [1.54, 1.807) is 12.1 Å². The number of ether oxygens (including phenoxy) is 1. The lowest BCUT2D eigenvalue weighted by Gasteiger charge is -2.10. The maximum atomic E-state index is 13.0. The predicted octanol–water partition coefficient (Wildman–Crippen LogP) is 3.13. The molecule has 25 heavy (non-hydrogen) atoms. The van der Waals surface area contributed by atoms with Crippen molar-refractivity contribution in [1.29, 1.82) is 0 Å². The molecule has 128 valence electrons. The number of halogens is 3. The number of nitrogens with zero attached hydrogens (tertiary/aromatic N) is 4. The Bertz CT molecular complexity index is 907. The first-order chi connectivity index (χ1) is 11.9. The van der Waals surface area contributed by atoms with Crippen molar-refractivity contribution in [2.75, 3.05) is 7.11 Å². The molecule has 0 radical (unpaired) electrons. The number of hydrogen-bond donors (Lipinski definition) is 0. The van der Waals surface area contributed by atoms with Crippen LogP contribution in [0.5, 0.6) is 0 Å². The molecule has 0 atom stereocenters. The Balaban J connectivity index is 2.18. The van der Waals surface area contributed by atoms with E-state index in [9.17, 15) is 18.0 Å². The zero-order chi connectivity index (χ0) is 18.0. The van der Waals surface area contributed by atoms with Gasteiger partial charge in [0, 0.05) is 24.2 Å². The Labute approximate surface area is 139 Å². The van der Waals surface area contributed by atoms with E-state index in [0.29, 0.717) is 11.3 Å². The van der Waals surface area contributed by atoms with Crippen molar-refractivity contribution in [2.45, 2.75) is 6.18 Å². The Kier molecular flexibility index (Phi) is 4.22. The number of esters is 1. The van der Waals surface area contributed by atoms with E-state index >= 15 is 0 Å². The van der Waals surface area contributed by atoms with Crippen molar-refractivity contribution >= 4 is 5.97 Å². The molecule has 0 saturated carbocycles. The first kappa shape index (κ1) is 16.6. The highest BCUT2D eigenvalue weighted by Gasteiger charge is 2.31. The van der Waals surface area contributed by atoms with Gasteiger partial charge in [-0.3, -0.25) is 4.98 Å². The van der Waals surface area contributed by atoms with Gasteiger partial charge in [0.2, 0.25) is 0 Å². The number of carbonyl (C=O) groups is 1. The summed E-state index contributed by atoms with van der Waals surface area (Å²) >= 11 is 0. The lowest BCUT2D eigenvalue weighted by atomic mass is 10.2. The standard InChI is InChI=1S/C16H11F3N4O2/c1-25-15(24)12-9-13(10-2-5-20-6-3-10)23(22-12)14-8-11(4-7-21-14)16(17,18)19/h2-9H,1H3. The number of rotatable bonds is 3. The predicted molar refractivity (Wildman–Crippen MR) is 80.9 cm³/mol. The fraction of sp³-hybridized carbons (Fsp3) is 0.125. The molecule has 3 aromatic heterocycles. The van der Waals surface area contributed by atoms with Crippen LogP contribution in [0.15, 0.2) is 48.9 Å². The first-order valence-corrected chi connectivity index (χ1v) is 7.02. The van der Waals surface area contributed by atoms with Gasteiger partial charge in [-0.05, 0) is 30.3 Å². The van der Waals surface area contributed by atoms with Crippen molar-refractivity contribution in [3.05, 3.63) is 60.2 Å². The number of aromatic nitrogens is 4.